The maximum Gasteiger partial charge on any atom is 0.261 e. The van der Waals surface area contributed by atoms with Crippen LogP contribution < -0.4 is 0 Å². The van der Waals surface area contributed by atoms with E-state index in [9.17, 15) is 19.2 Å². The van der Waals surface area contributed by atoms with E-state index in [1.165, 1.54) is 33.4 Å². The van der Waals surface area contributed by atoms with Crippen LogP contribution in [0.2, 0.25) is 0 Å². The Hall–Kier alpha value is -5.88. The number of hydrogen-bond acceptors (Lipinski definition) is 4. The molecule has 0 saturated heterocycles. The molecule has 70 heavy (non-hydrogen) atoms. The molecule has 0 N–H and O–H groups in total. The number of rotatable bonds is 6. The van der Waals surface area contributed by atoms with E-state index >= 15 is 0 Å². The van der Waals surface area contributed by atoms with Crippen LogP contribution in [0, 0.1) is 22.7 Å². The van der Waals surface area contributed by atoms with Crippen LogP contribution in [0.1, 0.15) is 193 Å². The minimum absolute atomic E-state index is 0.0186. The number of imide groups is 2. The monoisotopic (exact) mass is 927 g/mol. The lowest BCUT2D eigenvalue weighted by Gasteiger charge is -2.56. The average molecular weight is 927 g/mol. The van der Waals surface area contributed by atoms with Crippen molar-refractivity contribution in [1.29, 1.82) is 0 Å². The van der Waals surface area contributed by atoms with Crippen molar-refractivity contribution in [3.8, 4) is 0 Å². The zero-order chi connectivity index (χ0) is 48.6. The number of carbonyl (C=O) groups is 4. The Kier molecular flexibility index (Phi) is 9.35. The summed E-state index contributed by atoms with van der Waals surface area (Å²) in [5.74, 6) is 0.775. The SMILES string of the molecule is CC(C)c1ccc2c(c1)CC[C@H]1[C@](C)(CN3C(=O)c4ccc5c6ccc7c8c(ccc(c9ccc(c4c59)C3=O)c86)C(=O)N(C[C@]3(C)CCC[C@]4(C)c5ccc(C(C)C)cc5CC[C@@H]34)C7=O)CCC[C@]21C. The first-order valence-electron chi connectivity index (χ1n) is 26.6. The Labute approximate surface area is 412 Å². The van der Waals surface area contributed by atoms with Crippen LogP contribution in [0.3, 0.4) is 0 Å². The summed E-state index contributed by atoms with van der Waals surface area (Å²) in [6.45, 7) is 19.4. The summed E-state index contributed by atoms with van der Waals surface area (Å²) in [6.07, 6.45) is 10.4. The van der Waals surface area contributed by atoms with Gasteiger partial charge in [-0.1, -0.05) is 129 Å². The Morgan fingerprint density at radius 3 is 1.13 bits per heavy atom. The molecule has 4 aliphatic carbocycles. The zero-order valence-electron chi connectivity index (χ0n) is 42.4. The van der Waals surface area contributed by atoms with Crippen molar-refractivity contribution >= 4 is 66.7 Å². The van der Waals surface area contributed by atoms with Gasteiger partial charge in [0.05, 0.1) is 0 Å². The smallest absolute Gasteiger partial charge is 0.261 e. The summed E-state index contributed by atoms with van der Waals surface area (Å²) < 4.78 is 0. The summed E-state index contributed by atoms with van der Waals surface area (Å²) in [5, 5.41) is 6.90. The number of benzene rings is 7. The largest absolute Gasteiger partial charge is 0.274 e. The van der Waals surface area contributed by atoms with Crippen molar-refractivity contribution in [1.82, 2.24) is 9.80 Å². The van der Waals surface area contributed by atoms with Gasteiger partial charge in [-0.3, -0.25) is 29.0 Å². The molecule has 13 rings (SSSR count). The number of carbonyl (C=O) groups excluding carboxylic acids is 4. The van der Waals surface area contributed by atoms with Gasteiger partial charge in [-0.2, -0.15) is 0 Å². The minimum atomic E-state index is -0.233. The van der Waals surface area contributed by atoms with E-state index in [0.717, 1.165) is 96.5 Å². The van der Waals surface area contributed by atoms with Gasteiger partial charge in [0.25, 0.3) is 23.6 Å². The lowest BCUT2D eigenvalue weighted by atomic mass is 9.49. The fraction of sp³-hybridized carbons (Fsp3) is 0.438. The molecule has 6 nitrogen and oxygen atoms in total. The van der Waals surface area contributed by atoms with Crippen LogP contribution in [0.4, 0.5) is 0 Å². The second-order valence-corrected chi connectivity index (χ2v) is 24.7. The van der Waals surface area contributed by atoms with Crippen LogP contribution in [0.25, 0.3) is 43.1 Å². The van der Waals surface area contributed by atoms with E-state index < -0.39 is 0 Å². The minimum Gasteiger partial charge on any atom is -0.274 e. The summed E-state index contributed by atoms with van der Waals surface area (Å²) in [5.41, 5.74) is 10.4. The standard InChI is InChI=1S/C64H66N2O4/c1-35(2)37-11-23-49-39(31-37)13-25-51-61(5,27-9-29-63(49,51)7)33-65-57(67)45-19-15-41-43-17-21-47-56-48(22-18-44(54(43)56)42-16-20-46(58(65)68)55(45)53(41)42)60(70)66(59(47)69)34-62(6)28-10-30-64(8)50-24-12-38(36(3)4)32-40(50)14-26-52(62)64/h11-12,15-24,31-32,35-36,51-52H,9-10,13-14,25-30,33-34H2,1-8H3/t51-,52-,61-,62-,63+,64+/m0/s1. The van der Waals surface area contributed by atoms with Crippen molar-refractivity contribution < 1.29 is 19.2 Å². The second-order valence-electron chi connectivity index (χ2n) is 24.7. The molecule has 0 unspecified atom stereocenters. The van der Waals surface area contributed by atoms with Crippen molar-refractivity contribution in [2.45, 2.75) is 142 Å². The normalized spacial score (nSPS) is 28.4. The number of amides is 4. The number of aryl methyl sites for hydroxylation is 2. The molecule has 2 aliphatic heterocycles. The fourth-order valence-corrected chi connectivity index (χ4v) is 16.8. The number of nitrogens with zero attached hydrogens (tertiary/aromatic N) is 2. The van der Waals surface area contributed by atoms with Gasteiger partial charge in [-0.05, 0) is 187 Å². The molecule has 0 radical (unpaired) electrons. The first-order chi connectivity index (χ1) is 33.5. The maximum atomic E-state index is 14.9. The molecular formula is C64H66N2O4. The van der Waals surface area contributed by atoms with Gasteiger partial charge in [0.15, 0.2) is 0 Å². The lowest BCUT2D eigenvalue weighted by Crippen LogP contribution is -2.55. The molecule has 2 heterocycles. The van der Waals surface area contributed by atoms with Crippen molar-refractivity contribution in [3.63, 3.8) is 0 Å². The molecule has 6 atom stereocenters. The molecule has 6 heteroatoms. The summed E-state index contributed by atoms with van der Waals surface area (Å²) in [6, 6.07) is 30.1. The number of hydrogen-bond donors (Lipinski definition) is 0. The summed E-state index contributed by atoms with van der Waals surface area (Å²) in [7, 11) is 0. The van der Waals surface area contributed by atoms with Crippen molar-refractivity contribution in [3.05, 3.63) is 141 Å². The second kappa shape index (κ2) is 14.8. The molecule has 7 aromatic carbocycles. The molecule has 6 aliphatic rings. The van der Waals surface area contributed by atoms with Crippen LogP contribution in [0.15, 0.2) is 84.9 Å². The van der Waals surface area contributed by atoms with E-state index in [1.807, 2.05) is 48.5 Å². The Morgan fingerprint density at radius 2 is 0.800 bits per heavy atom. The fourth-order valence-electron chi connectivity index (χ4n) is 16.8. The average Bonchev–Trinajstić information content (AvgIpc) is 3.34. The maximum absolute atomic E-state index is 14.9. The van der Waals surface area contributed by atoms with E-state index in [0.29, 0.717) is 69.8 Å². The highest BCUT2D eigenvalue weighted by molar-refractivity contribution is 6.41. The molecule has 4 amide bonds. The molecule has 0 spiro atoms. The summed E-state index contributed by atoms with van der Waals surface area (Å²) in [4.78, 5) is 63.0. The Bertz CT molecular complexity index is 3140. The van der Waals surface area contributed by atoms with Gasteiger partial charge in [0.2, 0.25) is 0 Å². The van der Waals surface area contributed by atoms with E-state index in [-0.39, 0.29) is 45.3 Å². The molecule has 356 valence electrons. The highest BCUT2D eigenvalue weighted by Gasteiger charge is 2.55. The van der Waals surface area contributed by atoms with Gasteiger partial charge < -0.3 is 0 Å². The van der Waals surface area contributed by atoms with Gasteiger partial charge >= 0.3 is 0 Å². The van der Waals surface area contributed by atoms with E-state index in [2.05, 4.69) is 91.8 Å². The quantitative estimate of drug-likeness (QED) is 0.0946. The van der Waals surface area contributed by atoms with E-state index in [1.54, 1.807) is 9.80 Å². The van der Waals surface area contributed by atoms with Crippen LogP contribution in [-0.2, 0) is 23.7 Å². The third-order valence-corrected chi connectivity index (χ3v) is 20.2. The van der Waals surface area contributed by atoms with Crippen LogP contribution >= 0.6 is 0 Å². The molecule has 2 fully saturated rings. The summed E-state index contributed by atoms with van der Waals surface area (Å²) >= 11 is 0. The molecular weight excluding hydrogens is 861 g/mol. The predicted molar refractivity (Wildman–Crippen MR) is 282 cm³/mol. The predicted octanol–water partition coefficient (Wildman–Crippen LogP) is 14.6. The molecule has 2 saturated carbocycles. The van der Waals surface area contributed by atoms with Crippen molar-refractivity contribution in [2.75, 3.05) is 13.1 Å². The molecule has 0 aromatic heterocycles. The van der Waals surface area contributed by atoms with Gasteiger partial charge in [-0.15, -0.1) is 0 Å². The highest BCUT2D eigenvalue weighted by Crippen LogP contribution is 2.60. The molecule has 7 aromatic rings. The zero-order valence-corrected chi connectivity index (χ0v) is 42.4. The topological polar surface area (TPSA) is 74.8 Å². The number of fused-ring (bicyclic) bond motifs is 8. The van der Waals surface area contributed by atoms with Crippen LogP contribution in [-0.4, -0.2) is 46.5 Å². The lowest BCUT2D eigenvalue weighted by molar-refractivity contribution is 0.000153. The first kappa shape index (κ1) is 44.1. The van der Waals surface area contributed by atoms with E-state index in [4.69, 9.17) is 0 Å². The van der Waals surface area contributed by atoms with Crippen LogP contribution in [0.5, 0.6) is 0 Å². The van der Waals surface area contributed by atoms with Crippen molar-refractivity contribution in [2.24, 2.45) is 22.7 Å². The third kappa shape index (κ3) is 5.79. The Balaban J connectivity index is 0.842. The third-order valence-electron chi connectivity index (χ3n) is 20.2. The Morgan fingerprint density at radius 1 is 0.457 bits per heavy atom. The molecule has 0 bridgehead atoms. The van der Waals surface area contributed by atoms with Gasteiger partial charge in [0.1, 0.15) is 0 Å². The first-order valence-corrected chi connectivity index (χ1v) is 26.6. The highest BCUT2D eigenvalue weighted by atomic mass is 16.2. The van der Waals surface area contributed by atoms with Gasteiger partial charge in [-0.25, -0.2) is 0 Å². The van der Waals surface area contributed by atoms with Gasteiger partial charge in [0, 0.05) is 46.1 Å².